The van der Waals surface area contributed by atoms with Crippen LogP contribution >= 0.6 is 0 Å². The van der Waals surface area contributed by atoms with Crippen molar-refractivity contribution in [1.82, 2.24) is 0 Å². The molecule has 0 saturated heterocycles. The lowest BCUT2D eigenvalue weighted by Crippen LogP contribution is -2.54. The average Bonchev–Trinajstić information content (AvgIpc) is 3.28. The maximum absolute atomic E-state index is 3.99. The van der Waals surface area contributed by atoms with E-state index in [0.717, 1.165) is 11.1 Å². The highest BCUT2D eigenvalue weighted by Gasteiger charge is 2.62. The van der Waals surface area contributed by atoms with Crippen LogP contribution in [-0.4, -0.2) is 8.07 Å². The second-order valence-corrected chi connectivity index (χ2v) is 21.0. The largest absolute Gasteiger partial charge is 0.151 e. The van der Waals surface area contributed by atoms with Crippen molar-refractivity contribution in [3.05, 3.63) is 151 Å². The molecule has 0 amide bonds. The van der Waals surface area contributed by atoms with E-state index in [0.29, 0.717) is 0 Å². The van der Waals surface area contributed by atoms with Gasteiger partial charge in [-0.05, 0) is 96.1 Å². The summed E-state index contributed by atoms with van der Waals surface area (Å²) in [6, 6.07) is 30.9. The number of hydrogen-bond acceptors (Lipinski definition) is 0. The molecule has 0 aliphatic carbocycles. The summed E-state index contributed by atoms with van der Waals surface area (Å²) >= 11 is 0. The van der Waals surface area contributed by atoms with E-state index in [4.69, 9.17) is 0 Å². The molecule has 47 heavy (non-hydrogen) atoms. The Kier molecular flexibility index (Phi) is 9.21. The van der Waals surface area contributed by atoms with Gasteiger partial charge in [-0.3, -0.25) is 0 Å². The van der Waals surface area contributed by atoms with E-state index >= 15 is 0 Å². The molecule has 0 fully saturated rings. The van der Waals surface area contributed by atoms with Crippen molar-refractivity contribution in [1.29, 1.82) is 0 Å². The topological polar surface area (TPSA) is 0 Å². The number of aryl methyl sites for hydroxylation is 6. The SMILES string of the molecule is Cc1cc(C)c(C#CC2=C(c3ccccc3)C(c3ccccc3)=C(C#Cc3c(C)cc(C)cc3C)[Si]2(C(C)(C)C)C(C)(C)C)c(C)c1. The average molecular weight is 631 g/mol. The van der Waals surface area contributed by atoms with Crippen LogP contribution in [0.2, 0.25) is 10.1 Å². The first-order chi connectivity index (χ1) is 22.1. The lowest BCUT2D eigenvalue weighted by Gasteiger charge is -2.50. The molecule has 5 rings (SSSR count). The van der Waals surface area contributed by atoms with Gasteiger partial charge in [-0.15, -0.1) is 0 Å². The van der Waals surface area contributed by atoms with Gasteiger partial charge in [-0.25, -0.2) is 0 Å². The van der Waals surface area contributed by atoms with Crippen molar-refractivity contribution >= 4 is 19.2 Å². The summed E-state index contributed by atoms with van der Waals surface area (Å²) in [7, 11) is -2.77. The minimum atomic E-state index is -2.77. The van der Waals surface area contributed by atoms with Gasteiger partial charge in [0.1, 0.15) is 0 Å². The monoisotopic (exact) mass is 630 g/mol. The Balaban J connectivity index is 2.02. The van der Waals surface area contributed by atoms with Crippen LogP contribution in [0, 0.1) is 65.2 Å². The normalized spacial score (nSPS) is 14.5. The van der Waals surface area contributed by atoms with Crippen molar-refractivity contribution < 1.29 is 0 Å². The van der Waals surface area contributed by atoms with Crippen LogP contribution < -0.4 is 0 Å². The summed E-state index contributed by atoms with van der Waals surface area (Å²) < 4.78 is 0. The van der Waals surface area contributed by atoms with Gasteiger partial charge in [0.2, 0.25) is 0 Å². The molecular weight excluding hydrogens is 581 g/mol. The molecule has 0 atom stereocenters. The molecule has 0 saturated carbocycles. The number of hydrogen-bond donors (Lipinski definition) is 0. The zero-order valence-electron chi connectivity index (χ0n) is 30.6. The molecule has 0 unspecified atom stereocenters. The first-order valence-corrected chi connectivity index (χ1v) is 18.9. The van der Waals surface area contributed by atoms with Crippen LogP contribution in [0.5, 0.6) is 0 Å². The number of allylic oxidation sites excluding steroid dienone is 4. The lowest BCUT2D eigenvalue weighted by molar-refractivity contribution is 0.630. The van der Waals surface area contributed by atoms with Gasteiger partial charge in [-0.2, -0.15) is 0 Å². The second-order valence-electron chi connectivity index (χ2n) is 15.5. The standard InChI is InChI=1S/C46H50Si/c1-31-27-33(3)39(34(4)28-31)23-25-41-43(37-19-15-13-16-20-37)44(38-21-17-14-18-22-38)42(47(41,45(7,8)9)46(10,11)12)26-24-40-35(5)29-32(2)30-36(40)6/h13-22,27-30H,1-12H3. The summed E-state index contributed by atoms with van der Waals surface area (Å²) in [5.41, 5.74) is 14.7. The van der Waals surface area contributed by atoms with Crippen LogP contribution in [0.15, 0.2) is 95.3 Å². The fourth-order valence-electron chi connectivity index (χ4n) is 8.48. The first kappa shape index (κ1) is 34.0. The molecule has 0 N–H and O–H groups in total. The summed E-state index contributed by atoms with van der Waals surface area (Å²) in [5.74, 6) is 15.6. The van der Waals surface area contributed by atoms with Crippen LogP contribution in [-0.2, 0) is 0 Å². The van der Waals surface area contributed by atoms with Gasteiger partial charge >= 0.3 is 0 Å². The minimum absolute atomic E-state index is 0.0927. The highest BCUT2D eigenvalue weighted by Crippen LogP contribution is 2.65. The molecule has 0 nitrogen and oxygen atoms in total. The zero-order valence-corrected chi connectivity index (χ0v) is 31.6. The number of rotatable bonds is 2. The van der Waals surface area contributed by atoms with E-state index in [1.807, 2.05) is 0 Å². The van der Waals surface area contributed by atoms with E-state index in [9.17, 15) is 0 Å². The lowest BCUT2D eigenvalue weighted by atomic mass is 9.91. The van der Waals surface area contributed by atoms with E-state index < -0.39 is 8.07 Å². The Morgan fingerprint density at radius 3 is 1.00 bits per heavy atom. The molecular formula is C46H50Si. The highest BCUT2D eigenvalue weighted by molar-refractivity contribution is 7.02. The van der Waals surface area contributed by atoms with Crippen molar-refractivity contribution in [3.63, 3.8) is 0 Å². The Bertz CT molecular complexity index is 1830. The smallest absolute Gasteiger partial charge is 0.0695 e. The predicted octanol–water partition coefficient (Wildman–Crippen LogP) is 12.0. The van der Waals surface area contributed by atoms with Crippen molar-refractivity contribution in [2.75, 3.05) is 0 Å². The molecule has 4 aromatic carbocycles. The zero-order chi connectivity index (χ0) is 34.3. The molecule has 0 bridgehead atoms. The van der Waals surface area contributed by atoms with E-state index in [1.54, 1.807) is 0 Å². The fraction of sp³-hybridized carbons (Fsp3) is 0.304. The summed E-state index contributed by atoms with van der Waals surface area (Å²) in [5, 5.41) is 2.40. The quantitative estimate of drug-likeness (QED) is 0.153. The third-order valence-corrected chi connectivity index (χ3v) is 16.6. The third-order valence-electron chi connectivity index (χ3n) is 9.85. The first-order valence-electron chi connectivity index (χ1n) is 16.9. The summed E-state index contributed by atoms with van der Waals surface area (Å²) in [4.78, 5) is 0. The Morgan fingerprint density at radius 1 is 0.426 bits per heavy atom. The molecule has 0 aromatic heterocycles. The van der Waals surface area contributed by atoms with Gasteiger partial charge in [0, 0.05) is 21.5 Å². The maximum atomic E-state index is 3.99. The summed E-state index contributed by atoms with van der Waals surface area (Å²) in [6.07, 6.45) is 0. The van der Waals surface area contributed by atoms with E-state index in [1.165, 1.54) is 66.0 Å². The van der Waals surface area contributed by atoms with E-state index in [-0.39, 0.29) is 10.1 Å². The van der Waals surface area contributed by atoms with Crippen LogP contribution in [0.3, 0.4) is 0 Å². The van der Waals surface area contributed by atoms with Gasteiger partial charge in [0.15, 0.2) is 8.07 Å². The fourth-order valence-corrected chi connectivity index (χ4v) is 15.8. The Labute approximate surface area is 286 Å². The minimum Gasteiger partial charge on any atom is -0.0695 e. The molecule has 4 aromatic rings. The van der Waals surface area contributed by atoms with E-state index in [2.05, 4.69) is 192 Å². The van der Waals surface area contributed by atoms with Crippen molar-refractivity contribution in [3.8, 4) is 23.7 Å². The maximum Gasteiger partial charge on any atom is 0.151 e. The number of benzene rings is 4. The molecule has 238 valence electrons. The van der Waals surface area contributed by atoms with Gasteiger partial charge in [0.05, 0.1) is 0 Å². The molecule has 0 radical (unpaired) electrons. The third kappa shape index (κ3) is 6.11. The Morgan fingerprint density at radius 2 is 0.723 bits per heavy atom. The molecule has 1 aliphatic heterocycles. The second kappa shape index (κ2) is 12.7. The van der Waals surface area contributed by atoms with Crippen LogP contribution in [0.25, 0.3) is 11.1 Å². The van der Waals surface area contributed by atoms with Crippen molar-refractivity contribution in [2.45, 2.75) is 93.2 Å². The van der Waals surface area contributed by atoms with Gasteiger partial charge in [-0.1, -0.05) is 161 Å². The molecule has 1 heteroatoms. The predicted molar refractivity (Wildman–Crippen MR) is 207 cm³/mol. The summed E-state index contributed by atoms with van der Waals surface area (Å²) in [6.45, 7) is 27.7. The van der Waals surface area contributed by atoms with Gasteiger partial charge < -0.3 is 0 Å². The molecule has 1 aliphatic rings. The molecule has 1 heterocycles. The highest BCUT2D eigenvalue weighted by atomic mass is 28.3. The van der Waals surface area contributed by atoms with Crippen LogP contribution in [0.4, 0.5) is 0 Å². The molecule has 0 spiro atoms. The van der Waals surface area contributed by atoms with Gasteiger partial charge in [0.25, 0.3) is 0 Å². The Hall–Kier alpha value is -4.30. The van der Waals surface area contributed by atoms with Crippen molar-refractivity contribution in [2.24, 2.45) is 0 Å². The van der Waals surface area contributed by atoms with Crippen LogP contribution in [0.1, 0.15) is 97.2 Å².